The third-order valence-electron chi connectivity index (χ3n) is 4.75. The molecule has 0 saturated carbocycles. The van der Waals surface area contributed by atoms with Gasteiger partial charge in [0.2, 0.25) is 0 Å². The first-order valence-corrected chi connectivity index (χ1v) is 8.97. The molecule has 0 atom stereocenters. The van der Waals surface area contributed by atoms with Crippen LogP contribution in [0.5, 0.6) is 0 Å². The number of nitrogens with zero attached hydrogens (tertiary/aromatic N) is 2. The van der Waals surface area contributed by atoms with Crippen molar-refractivity contribution in [3.05, 3.63) is 83.6 Å². The summed E-state index contributed by atoms with van der Waals surface area (Å²) in [5.41, 5.74) is 3.56. The van der Waals surface area contributed by atoms with E-state index in [1.54, 1.807) is 36.5 Å². The van der Waals surface area contributed by atoms with Crippen molar-refractivity contribution in [3.8, 4) is 0 Å². The van der Waals surface area contributed by atoms with Gasteiger partial charge < -0.3 is 15.0 Å². The van der Waals surface area contributed by atoms with E-state index in [0.29, 0.717) is 16.8 Å². The lowest BCUT2D eigenvalue weighted by atomic mass is 10.1. The predicted molar refractivity (Wildman–Crippen MR) is 107 cm³/mol. The smallest absolute Gasteiger partial charge is 0.339 e. The summed E-state index contributed by atoms with van der Waals surface area (Å²) in [4.78, 5) is 31.1. The topological polar surface area (TPSA) is 71.5 Å². The summed E-state index contributed by atoms with van der Waals surface area (Å²) in [7, 11) is 1.31. The quantitative estimate of drug-likeness (QED) is 0.704. The summed E-state index contributed by atoms with van der Waals surface area (Å²) in [5.74, 6) is -0.0363. The maximum atomic E-state index is 12.6. The molecule has 0 aliphatic carbocycles. The van der Waals surface area contributed by atoms with Gasteiger partial charge in [-0.1, -0.05) is 30.3 Å². The van der Waals surface area contributed by atoms with Crippen molar-refractivity contribution in [3.63, 3.8) is 0 Å². The minimum Gasteiger partial charge on any atom is -0.465 e. The lowest BCUT2D eigenvalue weighted by Crippen LogP contribution is -2.17. The van der Waals surface area contributed by atoms with E-state index in [-0.39, 0.29) is 5.91 Å². The first-order chi connectivity index (χ1) is 13.7. The first-order valence-electron chi connectivity index (χ1n) is 8.97. The molecule has 1 aliphatic heterocycles. The Kier molecular flexibility index (Phi) is 4.76. The highest BCUT2D eigenvalue weighted by Gasteiger charge is 2.21. The number of benzene rings is 2. The molecule has 0 radical (unpaired) electrons. The second-order valence-corrected chi connectivity index (χ2v) is 6.43. The van der Waals surface area contributed by atoms with E-state index in [9.17, 15) is 9.59 Å². The normalized spacial score (nSPS) is 12.4. The Morgan fingerprint density at radius 1 is 1.04 bits per heavy atom. The summed E-state index contributed by atoms with van der Waals surface area (Å²) in [6.07, 6.45) is 2.52. The molecule has 4 rings (SSSR count). The number of amides is 1. The third-order valence-corrected chi connectivity index (χ3v) is 4.75. The average molecular weight is 373 g/mol. The van der Waals surface area contributed by atoms with Crippen LogP contribution in [0, 0.1) is 0 Å². The zero-order valence-corrected chi connectivity index (χ0v) is 15.4. The van der Waals surface area contributed by atoms with Crippen molar-refractivity contribution in [2.45, 2.75) is 6.42 Å². The van der Waals surface area contributed by atoms with Crippen molar-refractivity contribution in [1.82, 2.24) is 4.98 Å². The van der Waals surface area contributed by atoms with E-state index in [2.05, 4.69) is 27.3 Å². The molecular weight excluding hydrogens is 354 g/mol. The van der Waals surface area contributed by atoms with Crippen LogP contribution in [0.4, 0.5) is 17.2 Å². The van der Waals surface area contributed by atoms with Crippen LogP contribution in [0.3, 0.4) is 0 Å². The average Bonchev–Trinajstić information content (AvgIpc) is 3.18. The number of aromatic nitrogens is 1. The van der Waals surface area contributed by atoms with E-state index in [1.165, 1.54) is 12.7 Å². The second-order valence-electron chi connectivity index (χ2n) is 6.43. The predicted octanol–water partition coefficient (Wildman–Crippen LogP) is 3.81. The number of carbonyl (C=O) groups excluding carboxylic acids is 2. The zero-order valence-electron chi connectivity index (χ0n) is 15.4. The lowest BCUT2D eigenvalue weighted by molar-refractivity contribution is 0.0602. The Labute approximate surface area is 162 Å². The fourth-order valence-electron chi connectivity index (χ4n) is 3.33. The van der Waals surface area contributed by atoms with Gasteiger partial charge in [-0.05, 0) is 42.3 Å². The lowest BCUT2D eigenvalue weighted by Gasteiger charge is -2.18. The molecule has 3 aromatic rings. The van der Waals surface area contributed by atoms with Crippen molar-refractivity contribution < 1.29 is 14.3 Å². The number of ether oxygens (including phenoxy) is 1. The second kappa shape index (κ2) is 7.52. The monoisotopic (exact) mass is 373 g/mol. The minimum atomic E-state index is -0.503. The Hall–Kier alpha value is -3.67. The Morgan fingerprint density at radius 2 is 1.82 bits per heavy atom. The van der Waals surface area contributed by atoms with Crippen molar-refractivity contribution in [1.29, 1.82) is 0 Å². The van der Waals surface area contributed by atoms with Crippen molar-refractivity contribution >= 4 is 29.1 Å². The van der Waals surface area contributed by atoms with Crippen LogP contribution in [0.15, 0.2) is 66.9 Å². The molecule has 140 valence electrons. The summed E-state index contributed by atoms with van der Waals surface area (Å²) in [5, 5.41) is 2.75. The van der Waals surface area contributed by atoms with E-state index in [1.807, 2.05) is 18.2 Å². The molecule has 0 spiro atoms. The number of pyridine rings is 1. The van der Waals surface area contributed by atoms with Gasteiger partial charge in [0.25, 0.3) is 5.91 Å². The Balaban J connectivity index is 1.52. The molecule has 6 nitrogen and oxygen atoms in total. The fourth-order valence-corrected chi connectivity index (χ4v) is 3.33. The number of esters is 1. The number of carbonyl (C=O) groups is 2. The van der Waals surface area contributed by atoms with Crippen LogP contribution in [0.2, 0.25) is 0 Å². The van der Waals surface area contributed by atoms with E-state index in [4.69, 9.17) is 4.74 Å². The number of nitrogens with one attached hydrogen (secondary N) is 1. The highest BCUT2D eigenvalue weighted by molar-refractivity contribution is 6.07. The standard InChI is InChI=1S/C22H19N3O3/c1-28-22(27)17-7-3-4-8-18(17)24-21(26)16-10-11-20(23-14-16)25-13-12-15-6-2-5-9-19(15)25/h2-11,14H,12-13H2,1H3,(H,24,26). The summed E-state index contributed by atoms with van der Waals surface area (Å²) in [6, 6.07) is 18.5. The van der Waals surface area contributed by atoms with E-state index < -0.39 is 5.97 Å². The van der Waals surface area contributed by atoms with Crippen LogP contribution in [0.25, 0.3) is 0 Å². The Bertz CT molecular complexity index is 1030. The van der Waals surface area contributed by atoms with Gasteiger partial charge in [-0.15, -0.1) is 0 Å². The number of anilines is 3. The van der Waals surface area contributed by atoms with Crippen molar-refractivity contribution in [2.75, 3.05) is 23.9 Å². The van der Waals surface area contributed by atoms with Crippen LogP contribution in [-0.2, 0) is 11.2 Å². The number of methoxy groups -OCH3 is 1. The van der Waals surface area contributed by atoms with Crippen molar-refractivity contribution in [2.24, 2.45) is 0 Å². The largest absolute Gasteiger partial charge is 0.465 e. The van der Waals surface area contributed by atoms with Gasteiger partial charge in [-0.2, -0.15) is 0 Å². The number of para-hydroxylation sites is 2. The molecule has 2 aromatic carbocycles. The van der Waals surface area contributed by atoms with Gasteiger partial charge in [0.05, 0.1) is 23.9 Å². The van der Waals surface area contributed by atoms with Crippen LogP contribution >= 0.6 is 0 Å². The number of hydrogen-bond donors (Lipinski definition) is 1. The molecular formula is C22H19N3O3. The number of rotatable bonds is 4. The fraction of sp³-hybridized carbons (Fsp3) is 0.136. The molecule has 28 heavy (non-hydrogen) atoms. The van der Waals surface area contributed by atoms with Gasteiger partial charge >= 0.3 is 5.97 Å². The van der Waals surface area contributed by atoms with Gasteiger partial charge in [0.1, 0.15) is 5.82 Å². The van der Waals surface area contributed by atoms with Gasteiger partial charge in [-0.3, -0.25) is 4.79 Å². The zero-order chi connectivity index (χ0) is 19.5. The maximum absolute atomic E-state index is 12.6. The maximum Gasteiger partial charge on any atom is 0.339 e. The molecule has 1 N–H and O–H groups in total. The molecule has 6 heteroatoms. The molecule has 2 heterocycles. The molecule has 0 bridgehead atoms. The van der Waals surface area contributed by atoms with Crippen LogP contribution in [0.1, 0.15) is 26.3 Å². The summed E-state index contributed by atoms with van der Waals surface area (Å²) < 4.78 is 4.76. The summed E-state index contributed by atoms with van der Waals surface area (Å²) in [6.45, 7) is 0.865. The summed E-state index contributed by atoms with van der Waals surface area (Å²) >= 11 is 0. The molecule has 1 aliphatic rings. The highest BCUT2D eigenvalue weighted by Crippen LogP contribution is 2.33. The number of fused-ring (bicyclic) bond motifs is 1. The van der Waals surface area contributed by atoms with Crippen LogP contribution < -0.4 is 10.2 Å². The van der Waals surface area contributed by atoms with Gasteiger partial charge in [0.15, 0.2) is 0 Å². The highest BCUT2D eigenvalue weighted by atomic mass is 16.5. The number of hydrogen-bond acceptors (Lipinski definition) is 5. The van der Waals surface area contributed by atoms with E-state index in [0.717, 1.165) is 24.5 Å². The van der Waals surface area contributed by atoms with Gasteiger partial charge in [-0.25, -0.2) is 9.78 Å². The molecule has 0 unspecified atom stereocenters. The van der Waals surface area contributed by atoms with E-state index >= 15 is 0 Å². The SMILES string of the molecule is COC(=O)c1ccccc1NC(=O)c1ccc(N2CCc3ccccc32)nc1. The molecule has 0 fully saturated rings. The molecule has 0 saturated heterocycles. The van der Waals surface area contributed by atoms with Gasteiger partial charge in [0, 0.05) is 18.4 Å². The first kappa shape index (κ1) is 17.7. The molecule has 1 aromatic heterocycles. The minimum absolute atomic E-state index is 0.302. The Morgan fingerprint density at radius 3 is 2.61 bits per heavy atom. The molecule has 1 amide bonds. The van der Waals surface area contributed by atoms with Crippen LogP contribution in [-0.4, -0.2) is 30.5 Å². The third kappa shape index (κ3) is 3.32.